The average Bonchev–Trinajstić information content (AvgIpc) is 2.13. The highest BCUT2D eigenvalue weighted by Crippen LogP contribution is 2.08. The van der Waals surface area contributed by atoms with Crippen LogP contribution in [0.25, 0.3) is 0 Å². The molecular weight excluding hydrogens is 167 g/mol. The summed E-state index contributed by atoms with van der Waals surface area (Å²) < 4.78 is 12.7. The van der Waals surface area contributed by atoms with E-state index in [9.17, 15) is 4.39 Å². The van der Waals surface area contributed by atoms with Gasteiger partial charge in [0.15, 0.2) is 0 Å². The number of benzene rings is 1. The van der Waals surface area contributed by atoms with Gasteiger partial charge in [0.1, 0.15) is 5.82 Å². The maximum absolute atomic E-state index is 12.7. The lowest BCUT2D eigenvalue weighted by molar-refractivity contribution is 0.628. The van der Waals surface area contributed by atoms with Gasteiger partial charge in [-0.3, -0.25) is 0 Å². The van der Waals surface area contributed by atoms with Crippen LogP contribution in [0, 0.1) is 5.82 Å². The highest BCUT2D eigenvalue weighted by molar-refractivity contribution is 5.42. The highest BCUT2D eigenvalue weighted by Gasteiger charge is 1.92. The molecule has 0 aromatic heterocycles. The summed E-state index contributed by atoms with van der Waals surface area (Å²) in [5, 5.41) is 3.12. The lowest BCUT2D eigenvalue weighted by Gasteiger charge is -2.04. The zero-order valence-electron chi connectivity index (χ0n) is 7.59. The van der Waals surface area contributed by atoms with Gasteiger partial charge in [-0.25, -0.2) is 4.39 Å². The number of hydrogen-bond donors (Lipinski definition) is 2. The summed E-state index contributed by atoms with van der Waals surface area (Å²) in [7, 11) is 0. The molecule has 3 heteroatoms. The molecule has 3 N–H and O–H groups in total. The minimum atomic E-state index is -0.205. The summed E-state index contributed by atoms with van der Waals surface area (Å²) in [6.45, 7) is 1.56. The standard InChI is InChI=1S/C10H15FN2/c11-9-4-3-5-10(8-9)13-7-2-1-6-12/h3-5,8,13H,1-2,6-7,12H2. The molecule has 0 spiro atoms. The molecule has 0 aliphatic carbocycles. The van der Waals surface area contributed by atoms with E-state index in [4.69, 9.17) is 5.73 Å². The first-order valence-electron chi connectivity index (χ1n) is 4.52. The Labute approximate surface area is 77.9 Å². The Morgan fingerprint density at radius 1 is 1.31 bits per heavy atom. The zero-order valence-corrected chi connectivity index (χ0v) is 7.59. The normalized spacial score (nSPS) is 10.0. The van der Waals surface area contributed by atoms with Crippen LogP contribution in [0.15, 0.2) is 24.3 Å². The molecule has 0 unspecified atom stereocenters. The Morgan fingerprint density at radius 2 is 2.15 bits per heavy atom. The molecule has 0 heterocycles. The molecule has 2 nitrogen and oxygen atoms in total. The SMILES string of the molecule is NCCCCNc1cccc(F)c1. The van der Waals surface area contributed by atoms with Crippen molar-refractivity contribution in [3.63, 3.8) is 0 Å². The van der Waals surface area contributed by atoms with E-state index in [1.54, 1.807) is 6.07 Å². The van der Waals surface area contributed by atoms with Crippen LogP contribution in [0.4, 0.5) is 10.1 Å². The van der Waals surface area contributed by atoms with Gasteiger partial charge < -0.3 is 11.1 Å². The van der Waals surface area contributed by atoms with Gasteiger partial charge in [0.25, 0.3) is 0 Å². The number of nitrogens with one attached hydrogen (secondary N) is 1. The lowest BCUT2D eigenvalue weighted by atomic mass is 10.3. The van der Waals surface area contributed by atoms with Gasteiger partial charge in [-0.15, -0.1) is 0 Å². The number of rotatable bonds is 5. The molecule has 72 valence electrons. The molecule has 0 aliphatic heterocycles. The molecule has 1 aromatic rings. The van der Waals surface area contributed by atoms with E-state index in [2.05, 4.69) is 5.32 Å². The quantitative estimate of drug-likeness (QED) is 0.683. The van der Waals surface area contributed by atoms with Gasteiger partial charge in [0.05, 0.1) is 0 Å². The number of nitrogens with two attached hydrogens (primary N) is 1. The van der Waals surface area contributed by atoms with E-state index in [1.807, 2.05) is 6.07 Å². The minimum Gasteiger partial charge on any atom is -0.385 e. The van der Waals surface area contributed by atoms with Crippen molar-refractivity contribution in [3.8, 4) is 0 Å². The fourth-order valence-electron chi connectivity index (χ4n) is 1.10. The van der Waals surface area contributed by atoms with Crippen LogP contribution in [0.2, 0.25) is 0 Å². The van der Waals surface area contributed by atoms with Crippen molar-refractivity contribution in [1.82, 2.24) is 0 Å². The molecule has 1 rings (SSSR count). The van der Waals surface area contributed by atoms with Gasteiger partial charge in [0, 0.05) is 12.2 Å². The minimum absolute atomic E-state index is 0.205. The smallest absolute Gasteiger partial charge is 0.125 e. The lowest BCUT2D eigenvalue weighted by Crippen LogP contribution is -2.05. The summed E-state index contributed by atoms with van der Waals surface area (Å²) in [5.74, 6) is -0.205. The van der Waals surface area contributed by atoms with E-state index in [1.165, 1.54) is 12.1 Å². The van der Waals surface area contributed by atoms with Gasteiger partial charge in [-0.1, -0.05) is 6.07 Å². The van der Waals surface area contributed by atoms with Crippen LogP contribution in [-0.2, 0) is 0 Å². The number of halogens is 1. The molecule has 0 fully saturated rings. The molecule has 0 saturated heterocycles. The third-order valence-electron chi connectivity index (χ3n) is 1.78. The predicted octanol–water partition coefficient (Wildman–Crippen LogP) is 1.98. The molecular formula is C10H15FN2. The van der Waals surface area contributed by atoms with Crippen molar-refractivity contribution >= 4 is 5.69 Å². The maximum Gasteiger partial charge on any atom is 0.125 e. The molecule has 0 aliphatic rings. The van der Waals surface area contributed by atoms with E-state index >= 15 is 0 Å². The van der Waals surface area contributed by atoms with Crippen LogP contribution in [0.3, 0.4) is 0 Å². The van der Waals surface area contributed by atoms with Crippen molar-refractivity contribution in [2.45, 2.75) is 12.8 Å². The average molecular weight is 182 g/mol. The molecule has 0 radical (unpaired) electrons. The van der Waals surface area contributed by atoms with E-state index in [0.717, 1.165) is 25.1 Å². The van der Waals surface area contributed by atoms with Gasteiger partial charge in [-0.2, -0.15) is 0 Å². The van der Waals surface area contributed by atoms with E-state index < -0.39 is 0 Å². The monoisotopic (exact) mass is 182 g/mol. The largest absolute Gasteiger partial charge is 0.385 e. The summed E-state index contributed by atoms with van der Waals surface area (Å²) >= 11 is 0. The van der Waals surface area contributed by atoms with Crippen LogP contribution in [-0.4, -0.2) is 13.1 Å². The maximum atomic E-state index is 12.7. The van der Waals surface area contributed by atoms with E-state index in [0.29, 0.717) is 6.54 Å². The Bertz CT molecular complexity index is 250. The molecule has 0 atom stereocenters. The Hall–Kier alpha value is -1.09. The fourth-order valence-corrected chi connectivity index (χ4v) is 1.10. The van der Waals surface area contributed by atoms with Crippen LogP contribution in [0.5, 0.6) is 0 Å². The topological polar surface area (TPSA) is 38.0 Å². The zero-order chi connectivity index (χ0) is 9.52. The molecule has 13 heavy (non-hydrogen) atoms. The second-order valence-electron chi connectivity index (χ2n) is 2.93. The summed E-state index contributed by atoms with van der Waals surface area (Å²) in [4.78, 5) is 0. The highest BCUT2D eigenvalue weighted by atomic mass is 19.1. The van der Waals surface area contributed by atoms with Crippen molar-refractivity contribution < 1.29 is 4.39 Å². The first-order chi connectivity index (χ1) is 6.33. The second kappa shape index (κ2) is 5.54. The van der Waals surface area contributed by atoms with Crippen LogP contribution >= 0.6 is 0 Å². The summed E-state index contributed by atoms with van der Waals surface area (Å²) in [5.41, 5.74) is 6.17. The number of anilines is 1. The summed E-state index contributed by atoms with van der Waals surface area (Å²) in [6.07, 6.45) is 2.02. The first-order valence-corrected chi connectivity index (χ1v) is 4.52. The van der Waals surface area contributed by atoms with Crippen molar-refractivity contribution in [2.75, 3.05) is 18.4 Å². The number of unbranched alkanes of at least 4 members (excludes halogenated alkanes) is 1. The first kappa shape index (κ1) is 9.99. The summed E-state index contributed by atoms with van der Waals surface area (Å²) in [6, 6.07) is 6.47. The van der Waals surface area contributed by atoms with Crippen molar-refractivity contribution in [1.29, 1.82) is 0 Å². The van der Waals surface area contributed by atoms with Crippen LogP contribution < -0.4 is 11.1 Å². The second-order valence-corrected chi connectivity index (χ2v) is 2.93. The fraction of sp³-hybridized carbons (Fsp3) is 0.400. The van der Waals surface area contributed by atoms with Gasteiger partial charge >= 0.3 is 0 Å². The van der Waals surface area contributed by atoms with Crippen molar-refractivity contribution in [3.05, 3.63) is 30.1 Å². The predicted molar refractivity (Wildman–Crippen MR) is 53.2 cm³/mol. The van der Waals surface area contributed by atoms with Gasteiger partial charge in [-0.05, 0) is 37.6 Å². The third-order valence-corrected chi connectivity index (χ3v) is 1.78. The molecule has 0 bridgehead atoms. The van der Waals surface area contributed by atoms with Gasteiger partial charge in [0.2, 0.25) is 0 Å². The Kier molecular flexibility index (Phi) is 4.26. The Morgan fingerprint density at radius 3 is 2.85 bits per heavy atom. The Balaban J connectivity index is 2.28. The molecule has 0 amide bonds. The molecule has 0 saturated carbocycles. The number of hydrogen-bond acceptors (Lipinski definition) is 2. The third kappa shape index (κ3) is 3.90. The molecule has 1 aromatic carbocycles. The van der Waals surface area contributed by atoms with Crippen molar-refractivity contribution in [2.24, 2.45) is 5.73 Å². The van der Waals surface area contributed by atoms with Crippen LogP contribution in [0.1, 0.15) is 12.8 Å². The van der Waals surface area contributed by atoms with E-state index in [-0.39, 0.29) is 5.82 Å².